The van der Waals surface area contributed by atoms with Crippen molar-refractivity contribution in [3.63, 3.8) is 0 Å². The fourth-order valence-electron chi connectivity index (χ4n) is 3.76. The summed E-state index contributed by atoms with van der Waals surface area (Å²) in [5.74, 6) is 0.692. The van der Waals surface area contributed by atoms with Gasteiger partial charge in [-0.25, -0.2) is 19.6 Å². The Morgan fingerprint density at radius 2 is 2.15 bits per heavy atom. The Morgan fingerprint density at radius 3 is 3.12 bits per heavy atom. The first kappa shape index (κ1) is 15.4. The summed E-state index contributed by atoms with van der Waals surface area (Å²) in [5, 5.41) is 8.88. The van der Waals surface area contributed by atoms with E-state index >= 15 is 0 Å². The highest BCUT2D eigenvalue weighted by Crippen LogP contribution is 2.25. The van der Waals surface area contributed by atoms with E-state index in [2.05, 4.69) is 25.4 Å². The smallest absolute Gasteiger partial charge is 0.267 e. The number of ether oxygens (including phenoxy) is 1. The summed E-state index contributed by atoms with van der Waals surface area (Å²) < 4.78 is 7.24. The molecule has 1 aliphatic heterocycles. The maximum atomic E-state index is 12.6. The first-order chi connectivity index (χ1) is 12.8. The normalized spacial score (nSPS) is 21.8. The first-order valence-corrected chi connectivity index (χ1v) is 8.81. The van der Waals surface area contributed by atoms with E-state index < -0.39 is 0 Å². The van der Waals surface area contributed by atoms with Crippen LogP contribution in [0.3, 0.4) is 0 Å². The molecular weight excluding hydrogens is 332 g/mol. The van der Waals surface area contributed by atoms with Gasteiger partial charge in [-0.05, 0) is 37.0 Å². The molecule has 8 nitrogen and oxygen atoms in total. The number of pyridine rings is 1. The zero-order valence-electron chi connectivity index (χ0n) is 14.1. The van der Waals surface area contributed by atoms with Gasteiger partial charge in [-0.2, -0.15) is 5.10 Å². The van der Waals surface area contributed by atoms with Crippen LogP contribution in [0.2, 0.25) is 0 Å². The number of fused-ring (bicyclic) bond motifs is 2. The molecule has 3 aromatic rings. The van der Waals surface area contributed by atoms with Crippen molar-refractivity contribution in [2.24, 2.45) is 0 Å². The Bertz CT molecular complexity index is 1030. The van der Waals surface area contributed by atoms with Gasteiger partial charge in [0.25, 0.3) is 5.56 Å². The third kappa shape index (κ3) is 2.53. The van der Waals surface area contributed by atoms with Crippen LogP contribution in [0.15, 0.2) is 35.5 Å². The van der Waals surface area contributed by atoms with E-state index in [1.165, 1.54) is 6.33 Å². The van der Waals surface area contributed by atoms with Gasteiger partial charge in [0.15, 0.2) is 5.65 Å². The molecule has 0 aromatic carbocycles. The molecule has 1 N–H and O–H groups in total. The quantitative estimate of drug-likeness (QED) is 0.756. The molecule has 8 heteroatoms. The molecule has 0 spiro atoms. The molecular formula is C18H18N6O2. The molecule has 132 valence electrons. The highest BCUT2D eigenvalue weighted by molar-refractivity contribution is 5.85. The maximum Gasteiger partial charge on any atom is 0.267 e. The van der Waals surface area contributed by atoms with Crippen LogP contribution in [0.25, 0.3) is 11.0 Å². The largest absolute Gasteiger partial charge is 0.377 e. The molecule has 0 saturated carbocycles. The molecule has 5 rings (SSSR count). The van der Waals surface area contributed by atoms with E-state index in [9.17, 15) is 4.79 Å². The van der Waals surface area contributed by atoms with E-state index in [0.717, 1.165) is 35.9 Å². The van der Waals surface area contributed by atoms with Gasteiger partial charge in [-0.15, -0.1) is 0 Å². The summed E-state index contributed by atoms with van der Waals surface area (Å²) >= 11 is 0. The van der Waals surface area contributed by atoms with Crippen molar-refractivity contribution in [3.8, 4) is 0 Å². The van der Waals surface area contributed by atoms with Crippen LogP contribution < -0.4 is 10.9 Å². The van der Waals surface area contributed by atoms with Crippen molar-refractivity contribution in [2.45, 2.75) is 31.3 Å². The molecule has 0 radical (unpaired) electrons. The predicted molar refractivity (Wildman–Crippen MR) is 95.1 cm³/mol. The fraction of sp³-hybridized carbons (Fsp3) is 0.389. The van der Waals surface area contributed by atoms with E-state index in [1.54, 1.807) is 16.9 Å². The van der Waals surface area contributed by atoms with Gasteiger partial charge in [0.2, 0.25) is 0 Å². The summed E-state index contributed by atoms with van der Waals surface area (Å²) in [7, 11) is 0. The summed E-state index contributed by atoms with van der Waals surface area (Å²) in [4.78, 5) is 25.4. The second-order valence-corrected chi connectivity index (χ2v) is 6.71. The van der Waals surface area contributed by atoms with Crippen LogP contribution in [0.5, 0.6) is 0 Å². The lowest BCUT2D eigenvalue weighted by molar-refractivity contribution is 0.182. The Labute approximate surface area is 149 Å². The molecule has 1 fully saturated rings. The van der Waals surface area contributed by atoms with E-state index in [0.29, 0.717) is 24.7 Å². The van der Waals surface area contributed by atoms with Crippen LogP contribution in [0, 0.1) is 0 Å². The SMILES string of the molecule is O=c1cc2c(nn1C1COCC1Nc1ncnc3ncccc13)CCC2. The topological polar surface area (TPSA) is 94.8 Å². The number of hydrogen-bond acceptors (Lipinski definition) is 7. The van der Waals surface area contributed by atoms with Crippen molar-refractivity contribution in [3.05, 3.63) is 52.3 Å². The lowest BCUT2D eigenvalue weighted by atomic mass is 10.1. The average Bonchev–Trinajstić information content (AvgIpc) is 3.30. The molecule has 1 aliphatic carbocycles. The first-order valence-electron chi connectivity index (χ1n) is 8.81. The summed E-state index contributed by atoms with van der Waals surface area (Å²) in [6.07, 6.45) is 6.14. The number of anilines is 1. The Kier molecular flexibility index (Phi) is 3.63. The lowest BCUT2D eigenvalue weighted by Crippen LogP contribution is -2.38. The van der Waals surface area contributed by atoms with Crippen LogP contribution >= 0.6 is 0 Å². The van der Waals surface area contributed by atoms with Crippen molar-refractivity contribution >= 4 is 16.9 Å². The van der Waals surface area contributed by atoms with E-state index in [4.69, 9.17) is 4.74 Å². The average molecular weight is 350 g/mol. The molecule has 2 unspecified atom stereocenters. The zero-order valence-corrected chi connectivity index (χ0v) is 14.1. The van der Waals surface area contributed by atoms with Crippen molar-refractivity contribution in [2.75, 3.05) is 18.5 Å². The van der Waals surface area contributed by atoms with E-state index in [-0.39, 0.29) is 17.6 Å². The standard InChI is InChI=1S/C18H18N6O2/c25-16-7-11-3-1-5-13(11)23-24(16)15-9-26-8-14(15)22-18-12-4-2-6-19-17(12)20-10-21-18/h2,4,6-7,10,14-15H,1,3,5,8-9H2,(H,19,20,21,22). The highest BCUT2D eigenvalue weighted by Gasteiger charge is 2.33. The third-order valence-corrected chi connectivity index (χ3v) is 5.08. The van der Waals surface area contributed by atoms with Gasteiger partial charge in [0, 0.05) is 12.3 Å². The van der Waals surface area contributed by atoms with Gasteiger partial charge in [0.05, 0.1) is 30.3 Å². The molecule has 4 heterocycles. The maximum absolute atomic E-state index is 12.6. The lowest BCUT2D eigenvalue weighted by Gasteiger charge is -2.21. The Balaban J connectivity index is 1.49. The van der Waals surface area contributed by atoms with Gasteiger partial charge < -0.3 is 10.1 Å². The van der Waals surface area contributed by atoms with Crippen LogP contribution in [-0.4, -0.2) is 44.0 Å². The number of aryl methyl sites for hydroxylation is 2. The minimum atomic E-state index is -0.171. The molecule has 0 amide bonds. The number of aromatic nitrogens is 5. The predicted octanol–water partition coefficient (Wildman–Crippen LogP) is 1.12. The molecule has 0 bridgehead atoms. The number of nitrogens with one attached hydrogen (secondary N) is 1. The second kappa shape index (κ2) is 6.14. The molecule has 1 saturated heterocycles. The molecule has 2 atom stereocenters. The Morgan fingerprint density at radius 1 is 1.19 bits per heavy atom. The van der Waals surface area contributed by atoms with Crippen LogP contribution in [-0.2, 0) is 17.6 Å². The second-order valence-electron chi connectivity index (χ2n) is 6.71. The zero-order chi connectivity index (χ0) is 17.5. The fourth-order valence-corrected chi connectivity index (χ4v) is 3.76. The summed E-state index contributed by atoms with van der Waals surface area (Å²) in [6, 6.07) is 5.24. The molecule has 26 heavy (non-hydrogen) atoms. The molecule has 3 aromatic heterocycles. The third-order valence-electron chi connectivity index (χ3n) is 5.08. The van der Waals surface area contributed by atoms with Crippen LogP contribution in [0.4, 0.5) is 5.82 Å². The number of rotatable bonds is 3. The highest BCUT2D eigenvalue weighted by atomic mass is 16.5. The summed E-state index contributed by atoms with van der Waals surface area (Å²) in [6.45, 7) is 0.937. The van der Waals surface area contributed by atoms with Gasteiger partial charge >= 0.3 is 0 Å². The summed E-state index contributed by atoms with van der Waals surface area (Å²) in [5.41, 5.74) is 2.69. The Hall–Kier alpha value is -2.87. The molecule has 2 aliphatic rings. The van der Waals surface area contributed by atoms with Gasteiger partial charge in [-0.1, -0.05) is 0 Å². The van der Waals surface area contributed by atoms with Crippen LogP contribution in [0.1, 0.15) is 23.7 Å². The van der Waals surface area contributed by atoms with Gasteiger partial charge in [-0.3, -0.25) is 4.79 Å². The van der Waals surface area contributed by atoms with E-state index in [1.807, 2.05) is 12.1 Å². The van der Waals surface area contributed by atoms with Gasteiger partial charge in [0.1, 0.15) is 18.2 Å². The van der Waals surface area contributed by atoms with Crippen molar-refractivity contribution in [1.82, 2.24) is 24.7 Å². The minimum absolute atomic E-state index is 0.0674. The number of hydrogen-bond donors (Lipinski definition) is 1. The minimum Gasteiger partial charge on any atom is -0.377 e. The van der Waals surface area contributed by atoms with Crippen molar-refractivity contribution < 1.29 is 4.74 Å². The van der Waals surface area contributed by atoms with Crippen molar-refractivity contribution in [1.29, 1.82) is 0 Å². The number of nitrogens with zero attached hydrogens (tertiary/aromatic N) is 5. The monoisotopic (exact) mass is 350 g/mol.